The molecular formula is C24H33N5O2. The number of nitrogens with zero attached hydrogens (tertiary/aromatic N) is 3. The lowest BCUT2D eigenvalue weighted by Crippen LogP contribution is -2.43. The average Bonchev–Trinajstić information content (AvgIpc) is 2.80. The molecule has 7 heteroatoms. The Morgan fingerprint density at radius 3 is 2.84 bits per heavy atom. The summed E-state index contributed by atoms with van der Waals surface area (Å²) in [6.45, 7) is 3.17. The van der Waals surface area contributed by atoms with E-state index in [2.05, 4.69) is 20.2 Å². The van der Waals surface area contributed by atoms with Gasteiger partial charge in [0, 0.05) is 30.5 Å². The third-order valence-corrected chi connectivity index (χ3v) is 6.54. The molecule has 1 saturated carbocycles. The van der Waals surface area contributed by atoms with E-state index in [-0.39, 0.29) is 5.92 Å². The largest absolute Gasteiger partial charge is 0.481 e. The van der Waals surface area contributed by atoms with Gasteiger partial charge in [0.15, 0.2) is 0 Å². The van der Waals surface area contributed by atoms with Crippen molar-refractivity contribution in [2.24, 2.45) is 22.6 Å². The van der Waals surface area contributed by atoms with Crippen LogP contribution in [0.25, 0.3) is 10.9 Å². The number of aromatic nitrogens is 1. The van der Waals surface area contributed by atoms with Gasteiger partial charge in [0.05, 0.1) is 18.3 Å². The minimum Gasteiger partial charge on any atom is -0.481 e. The standard InChI is InChI=1S/C24H33N5O2/c1-31-21-13-12-18-9-5-11-20(22(18)27-21)26-24(30)28-23(25)19-10-6-14-29(16-19)15-17-7-3-2-4-8-17/h5,9,11-13,17,19H,2-4,6-8,10,14-16H2,1H3,(H3,25,26,28,30). The molecule has 0 radical (unpaired) electrons. The SMILES string of the molecule is COc1ccc2cccc(NC(=O)/N=C(\N)C3CCCN(CC4CCCCC4)C3)c2n1. The Morgan fingerprint density at radius 2 is 2.03 bits per heavy atom. The molecular weight excluding hydrogens is 390 g/mol. The van der Waals surface area contributed by atoms with Crippen molar-refractivity contribution in [3.8, 4) is 5.88 Å². The van der Waals surface area contributed by atoms with Crippen LogP contribution in [0.15, 0.2) is 35.3 Å². The second-order valence-electron chi connectivity index (χ2n) is 8.80. The zero-order valence-electron chi connectivity index (χ0n) is 18.3. The monoisotopic (exact) mass is 423 g/mol. The number of fused-ring (bicyclic) bond motifs is 1. The predicted molar refractivity (Wildman–Crippen MR) is 125 cm³/mol. The van der Waals surface area contributed by atoms with E-state index in [1.807, 2.05) is 24.3 Å². The minimum absolute atomic E-state index is 0.133. The molecule has 7 nitrogen and oxygen atoms in total. The second kappa shape index (κ2) is 10.1. The van der Waals surface area contributed by atoms with Gasteiger partial charge < -0.3 is 20.7 Å². The first kappa shape index (κ1) is 21.6. The minimum atomic E-state index is -0.459. The first-order valence-corrected chi connectivity index (χ1v) is 11.4. The highest BCUT2D eigenvalue weighted by Crippen LogP contribution is 2.27. The van der Waals surface area contributed by atoms with E-state index >= 15 is 0 Å². The van der Waals surface area contributed by atoms with Crippen molar-refractivity contribution >= 4 is 28.5 Å². The number of ether oxygens (including phenoxy) is 1. The first-order valence-electron chi connectivity index (χ1n) is 11.4. The highest BCUT2D eigenvalue weighted by Gasteiger charge is 2.26. The molecule has 2 aliphatic rings. The number of aliphatic imine (C=N–C) groups is 1. The zero-order chi connectivity index (χ0) is 21.6. The van der Waals surface area contributed by atoms with Crippen LogP contribution in [0, 0.1) is 11.8 Å². The lowest BCUT2D eigenvalue weighted by molar-refractivity contribution is 0.157. The summed E-state index contributed by atoms with van der Waals surface area (Å²) in [4.78, 5) is 23.8. The van der Waals surface area contributed by atoms with Gasteiger partial charge in [-0.3, -0.25) is 0 Å². The van der Waals surface area contributed by atoms with Crippen LogP contribution >= 0.6 is 0 Å². The molecule has 0 bridgehead atoms. The summed E-state index contributed by atoms with van der Waals surface area (Å²) in [5.74, 6) is 1.87. The van der Waals surface area contributed by atoms with Gasteiger partial charge in [0.1, 0.15) is 5.84 Å². The number of benzene rings is 1. The van der Waals surface area contributed by atoms with Gasteiger partial charge in [-0.15, -0.1) is 0 Å². The molecule has 0 spiro atoms. The molecule has 3 N–H and O–H groups in total. The number of amides is 2. The summed E-state index contributed by atoms with van der Waals surface area (Å²) < 4.78 is 5.21. The average molecular weight is 424 g/mol. The second-order valence-corrected chi connectivity index (χ2v) is 8.80. The van der Waals surface area contributed by atoms with E-state index in [0.29, 0.717) is 22.9 Å². The summed E-state index contributed by atoms with van der Waals surface area (Å²) in [6, 6.07) is 8.88. The molecule has 2 heterocycles. The van der Waals surface area contributed by atoms with Crippen LogP contribution in [0.1, 0.15) is 44.9 Å². The van der Waals surface area contributed by atoms with Gasteiger partial charge >= 0.3 is 6.03 Å². The van der Waals surface area contributed by atoms with E-state index in [1.54, 1.807) is 13.2 Å². The number of nitrogens with one attached hydrogen (secondary N) is 1. The predicted octanol–water partition coefficient (Wildman–Crippen LogP) is 4.42. The molecule has 1 aromatic heterocycles. The van der Waals surface area contributed by atoms with Gasteiger partial charge in [0.25, 0.3) is 0 Å². The lowest BCUT2D eigenvalue weighted by atomic mass is 9.88. The smallest absolute Gasteiger partial charge is 0.347 e. The Kier molecular flexibility index (Phi) is 7.02. The van der Waals surface area contributed by atoms with Crippen LogP contribution in [0.4, 0.5) is 10.5 Å². The van der Waals surface area contributed by atoms with Crippen LogP contribution in [-0.4, -0.2) is 48.5 Å². The fraction of sp³-hybridized carbons (Fsp3) is 0.542. The van der Waals surface area contributed by atoms with Crippen molar-refractivity contribution in [1.82, 2.24) is 9.88 Å². The topological polar surface area (TPSA) is 92.8 Å². The summed E-state index contributed by atoms with van der Waals surface area (Å²) in [5, 5.41) is 3.76. The number of piperidine rings is 1. The molecule has 2 amide bonds. The molecule has 31 heavy (non-hydrogen) atoms. The van der Waals surface area contributed by atoms with Gasteiger partial charge in [-0.2, -0.15) is 4.99 Å². The van der Waals surface area contributed by atoms with Gasteiger partial charge in [-0.1, -0.05) is 31.4 Å². The number of anilines is 1. The Hall–Kier alpha value is -2.67. The van der Waals surface area contributed by atoms with E-state index in [0.717, 1.165) is 43.8 Å². The van der Waals surface area contributed by atoms with Crippen molar-refractivity contribution in [1.29, 1.82) is 0 Å². The quantitative estimate of drug-likeness (QED) is 0.548. The molecule has 2 aromatic rings. The maximum atomic E-state index is 12.6. The molecule has 166 valence electrons. The Labute approximate surface area is 184 Å². The number of hydrogen-bond acceptors (Lipinski definition) is 4. The third kappa shape index (κ3) is 5.53. The molecule has 1 aliphatic carbocycles. The number of likely N-dealkylation sites (tertiary alicyclic amines) is 1. The van der Waals surface area contributed by atoms with Crippen molar-refractivity contribution in [3.63, 3.8) is 0 Å². The maximum absolute atomic E-state index is 12.6. The normalized spacial score (nSPS) is 21.2. The highest BCUT2D eigenvalue weighted by molar-refractivity contribution is 6.04. The molecule has 1 unspecified atom stereocenters. The van der Waals surface area contributed by atoms with E-state index in [9.17, 15) is 4.79 Å². The Morgan fingerprint density at radius 1 is 1.19 bits per heavy atom. The zero-order valence-corrected chi connectivity index (χ0v) is 18.3. The van der Waals surface area contributed by atoms with Crippen LogP contribution < -0.4 is 15.8 Å². The number of nitrogens with two attached hydrogens (primary N) is 1. The Bertz CT molecular complexity index is 939. The maximum Gasteiger partial charge on any atom is 0.347 e. The number of para-hydroxylation sites is 1. The Balaban J connectivity index is 1.40. The van der Waals surface area contributed by atoms with Crippen molar-refractivity contribution in [2.45, 2.75) is 44.9 Å². The number of methoxy groups -OCH3 is 1. The van der Waals surface area contributed by atoms with Crippen molar-refractivity contribution in [3.05, 3.63) is 30.3 Å². The van der Waals surface area contributed by atoms with Crippen LogP contribution in [0.3, 0.4) is 0 Å². The summed E-state index contributed by atoms with van der Waals surface area (Å²) >= 11 is 0. The van der Waals surface area contributed by atoms with Crippen LogP contribution in [0.5, 0.6) is 5.88 Å². The van der Waals surface area contributed by atoms with Gasteiger partial charge in [-0.25, -0.2) is 9.78 Å². The fourth-order valence-corrected chi connectivity index (χ4v) is 4.89. The van der Waals surface area contributed by atoms with E-state index in [4.69, 9.17) is 10.5 Å². The fourth-order valence-electron chi connectivity index (χ4n) is 4.89. The number of rotatable bonds is 5. The molecule has 1 atom stereocenters. The lowest BCUT2D eigenvalue weighted by Gasteiger charge is -2.35. The molecule has 1 aliphatic heterocycles. The van der Waals surface area contributed by atoms with E-state index in [1.165, 1.54) is 32.1 Å². The number of amidine groups is 1. The van der Waals surface area contributed by atoms with Crippen molar-refractivity contribution in [2.75, 3.05) is 32.1 Å². The molecule has 1 aromatic carbocycles. The molecule has 1 saturated heterocycles. The van der Waals surface area contributed by atoms with Crippen molar-refractivity contribution < 1.29 is 9.53 Å². The first-order chi connectivity index (χ1) is 15.1. The number of urea groups is 1. The van der Waals surface area contributed by atoms with Crippen LogP contribution in [0.2, 0.25) is 0 Å². The van der Waals surface area contributed by atoms with E-state index < -0.39 is 6.03 Å². The molecule has 4 rings (SSSR count). The number of carbonyl (C=O) groups excluding carboxylic acids is 1. The summed E-state index contributed by atoms with van der Waals surface area (Å²) in [7, 11) is 1.57. The summed E-state index contributed by atoms with van der Waals surface area (Å²) in [5.41, 5.74) is 7.55. The third-order valence-electron chi connectivity index (χ3n) is 6.54. The van der Waals surface area contributed by atoms with Gasteiger partial charge in [0.2, 0.25) is 5.88 Å². The molecule has 2 fully saturated rings. The number of carbonyl (C=O) groups is 1. The summed E-state index contributed by atoms with van der Waals surface area (Å²) in [6.07, 6.45) is 8.88. The van der Waals surface area contributed by atoms with Gasteiger partial charge in [-0.05, 0) is 50.3 Å². The number of pyridine rings is 1. The van der Waals surface area contributed by atoms with Crippen LogP contribution in [-0.2, 0) is 0 Å². The number of hydrogen-bond donors (Lipinski definition) is 2. The highest BCUT2D eigenvalue weighted by atomic mass is 16.5.